The first kappa shape index (κ1) is 29.6. The maximum absolute atomic E-state index is 12.1. The third kappa shape index (κ3) is 5.09. The molecular weight excluding hydrogens is 480 g/mol. The predicted octanol–water partition coefficient (Wildman–Crippen LogP) is 5.98. The largest absolute Gasteiger partial charge is 0.461 e. The number of esters is 2. The number of allylic oxidation sites excluding steroid dienone is 1. The maximum Gasteiger partial charge on any atom is 0.303 e. The van der Waals surface area contributed by atoms with E-state index >= 15 is 0 Å². The number of aliphatic hydroxyl groups excluding tert-OH is 1. The second-order valence-corrected chi connectivity index (χ2v) is 14.1. The van der Waals surface area contributed by atoms with E-state index in [1.165, 1.54) is 44.3 Å². The molecule has 0 aliphatic heterocycles. The minimum atomic E-state index is -1.17. The van der Waals surface area contributed by atoms with Gasteiger partial charge in [-0.15, -0.1) is 0 Å². The monoisotopic (exact) mass is 532 g/mol. The summed E-state index contributed by atoms with van der Waals surface area (Å²) in [6, 6.07) is 0. The first-order valence-electron chi connectivity index (χ1n) is 15.1. The molecule has 2 N–H and O–H groups in total. The molecule has 10 unspecified atom stereocenters. The maximum atomic E-state index is 12.1. The van der Waals surface area contributed by atoms with Crippen LogP contribution in [0, 0.1) is 40.4 Å². The van der Waals surface area contributed by atoms with Crippen molar-refractivity contribution in [3.63, 3.8) is 0 Å². The molecule has 4 aliphatic rings. The summed E-state index contributed by atoms with van der Waals surface area (Å²) in [6.07, 6.45) is 8.12. The topological polar surface area (TPSA) is 93.1 Å². The van der Waals surface area contributed by atoms with Gasteiger partial charge in [-0.05, 0) is 112 Å². The molecule has 0 radical (unpaired) electrons. The molecule has 4 rings (SSSR count). The third-order valence-corrected chi connectivity index (χ3v) is 11.9. The molecule has 216 valence electrons. The molecule has 0 aromatic rings. The first-order chi connectivity index (χ1) is 17.7. The SMILES string of the molecule is CC(=O)OCC(CCC(C)C1CCC2C3CC(OC(C)=O)C4(O)CC(O)CCC4(C)C3CCC12C)=C(C)C. The van der Waals surface area contributed by atoms with Gasteiger partial charge in [-0.2, -0.15) is 0 Å². The Morgan fingerprint density at radius 2 is 1.68 bits per heavy atom. The molecule has 6 heteroatoms. The van der Waals surface area contributed by atoms with E-state index in [0.717, 1.165) is 25.7 Å². The average Bonchev–Trinajstić information content (AvgIpc) is 3.17. The highest BCUT2D eigenvalue weighted by Gasteiger charge is 2.68. The molecule has 4 fully saturated rings. The fraction of sp³-hybridized carbons (Fsp3) is 0.875. The summed E-state index contributed by atoms with van der Waals surface area (Å²) >= 11 is 0. The molecule has 6 nitrogen and oxygen atoms in total. The summed E-state index contributed by atoms with van der Waals surface area (Å²) in [6.45, 7) is 14.6. The number of aliphatic hydroxyl groups is 2. The normalized spacial score (nSPS) is 42.8. The van der Waals surface area contributed by atoms with Crippen molar-refractivity contribution in [3.8, 4) is 0 Å². The van der Waals surface area contributed by atoms with Crippen molar-refractivity contribution in [3.05, 3.63) is 11.1 Å². The second kappa shape index (κ2) is 10.9. The van der Waals surface area contributed by atoms with E-state index in [4.69, 9.17) is 9.47 Å². The van der Waals surface area contributed by atoms with Crippen molar-refractivity contribution in [2.45, 2.75) is 130 Å². The molecule has 0 saturated heterocycles. The van der Waals surface area contributed by atoms with E-state index in [2.05, 4.69) is 34.6 Å². The van der Waals surface area contributed by atoms with Gasteiger partial charge in [0.15, 0.2) is 0 Å². The second-order valence-electron chi connectivity index (χ2n) is 14.1. The van der Waals surface area contributed by atoms with Crippen LogP contribution < -0.4 is 0 Å². The Bertz CT molecular complexity index is 938. The quantitative estimate of drug-likeness (QED) is 0.310. The van der Waals surface area contributed by atoms with E-state index in [0.29, 0.717) is 55.5 Å². The van der Waals surface area contributed by atoms with Gasteiger partial charge in [-0.3, -0.25) is 9.59 Å². The number of fused-ring (bicyclic) bond motifs is 5. The van der Waals surface area contributed by atoms with Crippen LogP contribution in [-0.2, 0) is 19.1 Å². The van der Waals surface area contributed by atoms with Crippen molar-refractivity contribution in [1.82, 2.24) is 0 Å². The fourth-order valence-electron chi connectivity index (χ4n) is 9.81. The molecule has 0 aromatic carbocycles. The fourth-order valence-corrected chi connectivity index (χ4v) is 9.81. The zero-order chi connectivity index (χ0) is 28.0. The van der Waals surface area contributed by atoms with E-state index in [1.54, 1.807) is 0 Å². The van der Waals surface area contributed by atoms with Crippen LogP contribution in [0.4, 0.5) is 0 Å². The summed E-state index contributed by atoms with van der Waals surface area (Å²) in [4.78, 5) is 23.5. The number of carbonyl (C=O) groups excluding carboxylic acids is 2. The first-order valence-corrected chi connectivity index (χ1v) is 15.1. The van der Waals surface area contributed by atoms with E-state index in [-0.39, 0.29) is 22.8 Å². The number of carbonyl (C=O) groups is 2. The van der Waals surface area contributed by atoms with Crippen LogP contribution in [0.2, 0.25) is 0 Å². The molecule has 4 saturated carbocycles. The Morgan fingerprint density at radius 3 is 2.32 bits per heavy atom. The van der Waals surface area contributed by atoms with Crippen molar-refractivity contribution in [2.75, 3.05) is 6.61 Å². The van der Waals surface area contributed by atoms with Crippen LogP contribution >= 0.6 is 0 Å². The molecule has 0 aromatic heterocycles. The summed E-state index contributed by atoms with van der Waals surface area (Å²) < 4.78 is 11.2. The van der Waals surface area contributed by atoms with Gasteiger partial charge in [0, 0.05) is 25.7 Å². The Kier molecular flexibility index (Phi) is 8.47. The molecule has 38 heavy (non-hydrogen) atoms. The van der Waals surface area contributed by atoms with Crippen LogP contribution in [0.1, 0.15) is 113 Å². The number of rotatable bonds is 7. The molecule has 4 aliphatic carbocycles. The Morgan fingerprint density at radius 1 is 0.974 bits per heavy atom. The molecule has 0 bridgehead atoms. The molecular formula is C32H52O6. The minimum Gasteiger partial charge on any atom is -0.461 e. The van der Waals surface area contributed by atoms with Gasteiger partial charge in [-0.1, -0.05) is 26.3 Å². The predicted molar refractivity (Wildman–Crippen MR) is 147 cm³/mol. The lowest BCUT2D eigenvalue weighted by atomic mass is 9.42. The van der Waals surface area contributed by atoms with E-state index in [9.17, 15) is 19.8 Å². The highest BCUT2D eigenvalue weighted by molar-refractivity contribution is 5.66. The molecule has 0 amide bonds. The molecule has 0 heterocycles. The third-order valence-electron chi connectivity index (χ3n) is 11.9. The van der Waals surface area contributed by atoms with Gasteiger partial charge in [0.25, 0.3) is 0 Å². The smallest absolute Gasteiger partial charge is 0.303 e. The number of ether oxygens (including phenoxy) is 2. The van der Waals surface area contributed by atoms with Crippen molar-refractivity contribution >= 4 is 11.9 Å². The van der Waals surface area contributed by atoms with Crippen LogP contribution in [0.15, 0.2) is 11.1 Å². The molecule has 0 spiro atoms. The minimum absolute atomic E-state index is 0.229. The zero-order valence-electron chi connectivity index (χ0n) is 24.8. The van der Waals surface area contributed by atoms with Gasteiger partial charge < -0.3 is 19.7 Å². The Labute approximate surface area is 229 Å². The highest BCUT2D eigenvalue weighted by Crippen LogP contribution is 2.69. The van der Waals surface area contributed by atoms with E-state index in [1.807, 2.05) is 0 Å². The Hall–Kier alpha value is -1.40. The summed E-state index contributed by atoms with van der Waals surface area (Å²) in [5.41, 5.74) is 1.20. The Balaban J connectivity index is 1.53. The number of hydrogen-bond acceptors (Lipinski definition) is 6. The zero-order valence-corrected chi connectivity index (χ0v) is 24.8. The van der Waals surface area contributed by atoms with Gasteiger partial charge in [0.2, 0.25) is 0 Å². The lowest BCUT2D eigenvalue weighted by Gasteiger charge is -2.65. The van der Waals surface area contributed by atoms with Crippen LogP contribution in [0.25, 0.3) is 0 Å². The van der Waals surface area contributed by atoms with Crippen molar-refractivity contribution < 1.29 is 29.3 Å². The lowest BCUT2D eigenvalue weighted by Crippen LogP contribution is -2.69. The summed E-state index contributed by atoms with van der Waals surface area (Å²) in [7, 11) is 0. The van der Waals surface area contributed by atoms with Gasteiger partial charge in [-0.25, -0.2) is 0 Å². The number of hydrogen-bond donors (Lipinski definition) is 2. The molecule has 10 atom stereocenters. The summed E-state index contributed by atoms with van der Waals surface area (Å²) in [5, 5.41) is 22.6. The highest BCUT2D eigenvalue weighted by atomic mass is 16.6. The summed E-state index contributed by atoms with van der Waals surface area (Å²) in [5.74, 6) is 2.00. The van der Waals surface area contributed by atoms with Crippen LogP contribution in [-0.4, -0.2) is 46.6 Å². The van der Waals surface area contributed by atoms with Gasteiger partial charge in [0.1, 0.15) is 18.3 Å². The van der Waals surface area contributed by atoms with Gasteiger partial charge >= 0.3 is 11.9 Å². The van der Waals surface area contributed by atoms with Gasteiger partial charge in [0.05, 0.1) is 6.10 Å². The van der Waals surface area contributed by atoms with Crippen molar-refractivity contribution in [1.29, 1.82) is 0 Å². The standard InChI is InChI=1S/C32H52O6/c1-19(2)23(18-37-21(4)33)9-8-20(3)26-10-11-27-25-16-29(38-22(5)34)32(36)17-24(35)12-15-31(32,7)28(25)13-14-30(26,27)6/h20,24-29,35-36H,8-18H2,1-7H3. The lowest BCUT2D eigenvalue weighted by molar-refractivity contribution is -0.269. The van der Waals surface area contributed by atoms with Crippen molar-refractivity contribution in [2.24, 2.45) is 40.4 Å². The van der Waals surface area contributed by atoms with Crippen LogP contribution in [0.5, 0.6) is 0 Å². The van der Waals surface area contributed by atoms with E-state index < -0.39 is 17.8 Å². The average molecular weight is 533 g/mol. The van der Waals surface area contributed by atoms with Crippen LogP contribution in [0.3, 0.4) is 0 Å².